The van der Waals surface area contributed by atoms with Crippen molar-refractivity contribution in [2.45, 2.75) is 0 Å². The van der Waals surface area contributed by atoms with E-state index in [1.807, 2.05) is 0 Å². The van der Waals surface area contributed by atoms with E-state index in [1.165, 1.54) is 11.9 Å². The quantitative estimate of drug-likeness (QED) is 0.700. The van der Waals surface area contributed by atoms with Crippen LogP contribution in [0.1, 0.15) is 10.4 Å². The molecule has 0 aliphatic rings. The molecule has 0 unspecified atom stereocenters. The molecule has 5 nitrogen and oxygen atoms in total. The molecule has 0 spiro atoms. The Bertz CT molecular complexity index is 466. The third-order valence-electron chi connectivity index (χ3n) is 1.99. The summed E-state index contributed by atoms with van der Waals surface area (Å²) in [6, 6.07) is 5.14. The minimum atomic E-state index is 0.508. The van der Waals surface area contributed by atoms with Crippen molar-refractivity contribution in [1.29, 1.82) is 0 Å². The van der Waals surface area contributed by atoms with Gasteiger partial charge in [0, 0.05) is 6.07 Å². The van der Waals surface area contributed by atoms with Crippen LogP contribution >= 0.6 is 0 Å². The Morgan fingerprint density at radius 1 is 1.33 bits per heavy atom. The summed E-state index contributed by atoms with van der Waals surface area (Å²) < 4.78 is 5.07. The van der Waals surface area contributed by atoms with Crippen molar-refractivity contribution >= 4 is 6.29 Å². The number of benzene rings is 1. The van der Waals surface area contributed by atoms with E-state index in [4.69, 9.17) is 4.74 Å². The number of carbonyl (C=O) groups is 1. The lowest BCUT2D eigenvalue weighted by atomic mass is 10.2. The van der Waals surface area contributed by atoms with Crippen LogP contribution in [0.15, 0.2) is 30.6 Å². The summed E-state index contributed by atoms with van der Waals surface area (Å²) in [4.78, 5) is 12.1. The summed E-state index contributed by atoms with van der Waals surface area (Å²) in [6.45, 7) is 0. The second kappa shape index (κ2) is 3.91. The van der Waals surface area contributed by atoms with Crippen molar-refractivity contribution in [2.75, 3.05) is 7.11 Å². The second-order valence-electron chi connectivity index (χ2n) is 2.86. The molecule has 0 aliphatic heterocycles. The van der Waals surface area contributed by atoms with Gasteiger partial charge in [-0.15, -0.1) is 0 Å². The molecule has 0 atom stereocenters. The van der Waals surface area contributed by atoms with Gasteiger partial charge in [0.25, 0.3) is 0 Å². The van der Waals surface area contributed by atoms with Gasteiger partial charge >= 0.3 is 0 Å². The van der Waals surface area contributed by atoms with Gasteiger partial charge in [0.1, 0.15) is 5.75 Å². The second-order valence-corrected chi connectivity index (χ2v) is 2.86. The molecule has 5 heteroatoms. The number of nitrogens with zero attached hydrogens (tertiary/aromatic N) is 3. The van der Waals surface area contributed by atoms with Crippen molar-refractivity contribution in [1.82, 2.24) is 15.0 Å². The Morgan fingerprint density at radius 3 is 2.67 bits per heavy atom. The minimum absolute atomic E-state index is 0.508. The molecule has 0 radical (unpaired) electrons. The van der Waals surface area contributed by atoms with Crippen LogP contribution in [-0.2, 0) is 0 Å². The molecule has 0 aliphatic carbocycles. The highest BCUT2D eigenvalue weighted by molar-refractivity contribution is 5.80. The van der Waals surface area contributed by atoms with Crippen LogP contribution in [0.25, 0.3) is 5.69 Å². The normalized spacial score (nSPS) is 9.93. The molecule has 0 amide bonds. The third-order valence-corrected chi connectivity index (χ3v) is 1.99. The molecule has 0 saturated heterocycles. The number of hydrogen-bond donors (Lipinski definition) is 0. The van der Waals surface area contributed by atoms with Crippen LogP contribution in [0, 0.1) is 0 Å². The molecular formula is C10H9N3O2. The lowest BCUT2D eigenvalue weighted by Gasteiger charge is -2.05. The van der Waals surface area contributed by atoms with E-state index >= 15 is 0 Å². The van der Waals surface area contributed by atoms with Crippen LogP contribution in [0.2, 0.25) is 0 Å². The zero-order valence-corrected chi connectivity index (χ0v) is 8.12. The third kappa shape index (κ3) is 1.71. The highest BCUT2D eigenvalue weighted by Gasteiger charge is 2.05. The molecule has 2 rings (SSSR count). The number of hydrogen-bond acceptors (Lipinski definition) is 4. The first-order valence-electron chi connectivity index (χ1n) is 4.35. The molecule has 76 valence electrons. The highest BCUT2D eigenvalue weighted by Crippen LogP contribution is 2.19. The Kier molecular flexibility index (Phi) is 2.45. The lowest BCUT2D eigenvalue weighted by Crippen LogP contribution is -2.00. The monoisotopic (exact) mass is 203 g/mol. The van der Waals surface area contributed by atoms with E-state index in [-0.39, 0.29) is 0 Å². The van der Waals surface area contributed by atoms with E-state index in [0.29, 0.717) is 11.3 Å². The number of rotatable bonds is 3. The summed E-state index contributed by atoms with van der Waals surface area (Å²) in [5.74, 6) is 0.514. The summed E-state index contributed by atoms with van der Waals surface area (Å²) in [5.41, 5.74) is 1.26. The van der Waals surface area contributed by atoms with Gasteiger partial charge in [0.2, 0.25) is 0 Å². The molecule has 0 fully saturated rings. The molecule has 1 aromatic heterocycles. The number of carbonyl (C=O) groups excluding carboxylic acids is 1. The smallest absolute Gasteiger partial charge is 0.153 e. The number of aromatic nitrogens is 3. The van der Waals surface area contributed by atoms with Crippen molar-refractivity contribution in [2.24, 2.45) is 0 Å². The van der Waals surface area contributed by atoms with Crippen LogP contribution < -0.4 is 4.74 Å². The Labute approximate surface area is 86.3 Å². The predicted molar refractivity (Wildman–Crippen MR) is 53.3 cm³/mol. The molecule has 0 bridgehead atoms. The van der Waals surface area contributed by atoms with Crippen LogP contribution in [0.3, 0.4) is 0 Å². The van der Waals surface area contributed by atoms with Gasteiger partial charge in [-0.25, -0.2) is 0 Å². The molecule has 1 heterocycles. The van der Waals surface area contributed by atoms with E-state index in [2.05, 4.69) is 10.2 Å². The lowest BCUT2D eigenvalue weighted by molar-refractivity contribution is 0.112. The van der Waals surface area contributed by atoms with Crippen molar-refractivity contribution in [3.05, 3.63) is 36.2 Å². The maximum absolute atomic E-state index is 10.7. The summed E-state index contributed by atoms with van der Waals surface area (Å²) in [7, 11) is 1.52. The molecule has 0 N–H and O–H groups in total. The van der Waals surface area contributed by atoms with Crippen LogP contribution in [-0.4, -0.2) is 28.4 Å². The minimum Gasteiger partial charge on any atom is -0.496 e. The van der Waals surface area contributed by atoms with Gasteiger partial charge < -0.3 is 4.74 Å². The molecular weight excluding hydrogens is 194 g/mol. The molecule has 0 saturated carbocycles. The fourth-order valence-electron chi connectivity index (χ4n) is 1.27. The van der Waals surface area contributed by atoms with Crippen molar-refractivity contribution in [3.8, 4) is 11.4 Å². The zero-order chi connectivity index (χ0) is 10.7. The standard InChI is InChI=1S/C10H9N3O2/c1-15-10-6-9(3-2-8(10)7-14)13-11-4-5-12-13/h2-7H,1H3. The van der Waals surface area contributed by atoms with Gasteiger partial charge in [-0.05, 0) is 12.1 Å². The summed E-state index contributed by atoms with van der Waals surface area (Å²) >= 11 is 0. The van der Waals surface area contributed by atoms with E-state index in [9.17, 15) is 4.79 Å². The Balaban J connectivity index is 2.48. The van der Waals surface area contributed by atoms with Gasteiger partial charge in [-0.1, -0.05) is 0 Å². The molecule has 15 heavy (non-hydrogen) atoms. The van der Waals surface area contributed by atoms with E-state index < -0.39 is 0 Å². The summed E-state index contributed by atoms with van der Waals surface area (Å²) in [6.07, 6.45) is 3.92. The Hall–Kier alpha value is -2.17. The van der Waals surface area contributed by atoms with E-state index in [1.54, 1.807) is 30.6 Å². The average Bonchev–Trinajstić information content (AvgIpc) is 2.81. The van der Waals surface area contributed by atoms with Gasteiger partial charge in [0.05, 0.1) is 30.8 Å². The molecule has 1 aromatic carbocycles. The van der Waals surface area contributed by atoms with Crippen LogP contribution in [0.4, 0.5) is 0 Å². The van der Waals surface area contributed by atoms with Gasteiger partial charge in [0.15, 0.2) is 6.29 Å². The Morgan fingerprint density at radius 2 is 2.07 bits per heavy atom. The predicted octanol–water partition coefficient (Wildman–Crippen LogP) is 1.09. The number of ether oxygens (including phenoxy) is 1. The maximum Gasteiger partial charge on any atom is 0.153 e. The van der Waals surface area contributed by atoms with E-state index in [0.717, 1.165) is 12.0 Å². The molecule has 2 aromatic rings. The maximum atomic E-state index is 10.7. The number of methoxy groups -OCH3 is 1. The summed E-state index contributed by atoms with van der Waals surface area (Å²) in [5, 5.41) is 7.96. The van der Waals surface area contributed by atoms with Crippen LogP contribution in [0.5, 0.6) is 5.75 Å². The number of aldehydes is 1. The highest BCUT2D eigenvalue weighted by atomic mass is 16.5. The van der Waals surface area contributed by atoms with Gasteiger partial charge in [-0.2, -0.15) is 15.0 Å². The first-order valence-corrected chi connectivity index (χ1v) is 4.35. The first-order chi connectivity index (χ1) is 7.35. The van der Waals surface area contributed by atoms with Crippen molar-refractivity contribution in [3.63, 3.8) is 0 Å². The SMILES string of the molecule is COc1cc(-n2nccn2)ccc1C=O. The average molecular weight is 203 g/mol. The first kappa shape index (κ1) is 9.39. The topological polar surface area (TPSA) is 57.0 Å². The van der Waals surface area contributed by atoms with Crippen molar-refractivity contribution < 1.29 is 9.53 Å². The fourth-order valence-corrected chi connectivity index (χ4v) is 1.27. The zero-order valence-electron chi connectivity index (χ0n) is 8.12. The fraction of sp³-hybridized carbons (Fsp3) is 0.100. The van der Waals surface area contributed by atoms with Gasteiger partial charge in [-0.3, -0.25) is 4.79 Å². The largest absolute Gasteiger partial charge is 0.496 e.